The van der Waals surface area contributed by atoms with E-state index in [9.17, 15) is 5.11 Å². The van der Waals surface area contributed by atoms with Crippen molar-refractivity contribution < 1.29 is 14.6 Å². The van der Waals surface area contributed by atoms with Crippen molar-refractivity contribution in [2.24, 2.45) is 5.92 Å². The standard InChI is InChI=1S/C34H43N3O3Si/c1-25-32(20-15-26-11-7-5-8-12-26)40-33(34(25)41(3,4)29-18-16-28(39-2)17-19-29)21-22-37-23-31(35-36-37)30(24-38)27-13-9-6-10-14-27/h5-14,16-19,23,25,30,32-34,38H,15,20-22,24H2,1-4H3/t25-,30?,32+,33-,34+/m0/s1. The molecule has 7 heteroatoms. The van der Waals surface area contributed by atoms with Gasteiger partial charge in [0, 0.05) is 12.7 Å². The Hall–Kier alpha value is -3.26. The fourth-order valence-corrected chi connectivity index (χ4v) is 10.9. The lowest BCUT2D eigenvalue weighted by atomic mass is 9.95. The first-order valence-corrected chi connectivity index (χ1v) is 17.9. The number of hydrogen-bond acceptors (Lipinski definition) is 5. The molecular weight excluding hydrogens is 526 g/mol. The van der Waals surface area contributed by atoms with Crippen molar-refractivity contribution >= 4 is 13.3 Å². The first kappa shape index (κ1) is 29.2. The zero-order chi connectivity index (χ0) is 28.8. The van der Waals surface area contributed by atoms with Crippen LogP contribution in [-0.4, -0.2) is 54.1 Å². The van der Waals surface area contributed by atoms with Gasteiger partial charge in [-0.05, 0) is 54.0 Å². The van der Waals surface area contributed by atoms with Crippen LogP contribution in [-0.2, 0) is 17.7 Å². The molecule has 0 bridgehead atoms. The molecule has 1 aliphatic heterocycles. The van der Waals surface area contributed by atoms with Gasteiger partial charge < -0.3 is 14.6 Å². The number of aliphatic hydroxyl groups is 1. The first-order chi connectivity index (χ1) is 19.9. The Kier molecular flexibility index (Phi) is 9.38. The Labute approximate surface area is 245 Å². The number of rotatable bonds is 12. The minimum atomic E-state index is -1.92. The zero-order valence-electron chi connectivity index (χ0n) is 24.7. The molecule has 0 radical (unpaired) electrons. The quantitative estimate of drug-likeness (QED) is 0.218. The summed E-state index contributed by atoms with van der Waals surface area (Å²) in [5.74, 6) is 1.17. The highest BCUT2D eigenvalue weighted by atomic mass is 28.3. The highest BCUT2D eigenvalue weighted by molar-refractivity contribution is 6.91. The summed E-state index contributed by atoms with van der Waals surface area (Å²) in [6.45, 7) is 8.11. The molecule has 0 amide bonds. The molecule has 4 aromatic rings. The maximum atomic E-state index is 10.1. The summed E-state index contributed by atoms with van der Waals surface area (Å²) < 4.78 is 14.3. The maximum absolute atomic E-state index is 10.1. The minimum absolute atomic E-state index is 0.00121. The number of aromatic nitrogens is 3. The van der Waals surface area contributed by atoms with Crippen LogP contribution in [0.3, 0.4) is 0 Å². The molecule has 1 saturated heterocycles. The van der Waals surface area contributed by atoms with Crippen LogP contribution in [0, 0.1) is 5.92 Å². The molecule has 1 aliphatic rings. The highest BCUT2D eigenvalue weighted by Gasteiger charge is 2.50. The van der Waals surface area contributed by atoms with Crippen molar-refractivity contribution in [2.75, 3.05) is 13.7 Å². The van der Waals surface area contributed by atoms with E-state index in [0.29, 0.717) is 11.5 Å². The number of hydrogen-bond donors (Lipinski definition) is 1. The number of aliphatic hydroxyl groups excluding tert-OH is 1. The molecule has 5 rings (SSSR count). The van der Waals surface area contributed by atoms with E-state index in [0.717, 1.165) is 42.8 Å². The van der Waals surface area contributed by atoms with Crippen LogP contribution in [0.25, 0.3) is 0 Å². The Morgan fingerprint density at radius 3 is 2.27 bits per heavy atom. The van der Waals surface area contributed by atoms with E-state index < -0.39 is 8.07 Å². The third-order valence-corrected chi connectivity index (χ3v) is 13.5. The van der Waals surface area contributed by atoms with Crippen molar-refractivity contribution in [3.05, 3.63) is 108 Å². The summed E-state index contributed by atoms with van der Waals surface area (Å²) in [5, 5.41) is 20.4. The van der Waals surface area contributed by atoms with Gasteiger partial charge in [0.2, 0.25) is 0 Å². The Balaban J connectivity index is 1.34. The van der Waals surface area contributed by atoms with Crippen molar-refractivity contribution in [1.29, 1.82) is 0 Å². The van der Waals surface area contributed by atoms with Crippen LogP contribution in [0.5, 0.6) is 5.75 Å². The van der Waals surface area contributed by atoms with Gasteiger partial charge in [0.1, 0.15) is 5.75 Å². The Bertz CT molecular complexity index is 1360. The van der Waals surface area contributed by atoms with Gasteiger partial charge >= 0.3 is 0 Å². The van der Waals surface area contributed by atoms with Crippen LogP contribution >= 0.6 is 0 Å². The van der Waals surface area contributed by atoms with Gasteiger partial charge in [0.05, 0.1) is 45.6 Å². The van der Waals surface area contributed by atoms with Gasteiger partial charge in [-0.15, -0.1) is 5.10 Å². The predicted molar refractivity (Wildman–Crippen MR) is 166 cm³/mol. The van der Waals surface area contributed by atoms with Crippen LogP contribution in [0.2, 0.25) is 18.6 Å². The van der Waals surface area contributed by atoms with Gasteiger partial charge in [-0.2, -0.15) is 0 Å². The minimum Gasteiger partial charge on any atom is -0.497 e. The van der Waals surface area contributed by atoms with Crippen molar-refractivity contribution in [2.45, 2.75) is 69.5 Å². The lowest BCUT2D eigenvalue weighted by molar-refractivity contribution is 0.0250. The maximum Gasteiger partial charge on any atom is 0.118 e. The lowest BCUT2D eigenvalue weighted by Crippen LogP contribution is -2.50. The number of benzene rings is 3. The van der Waals surface area contributed by atoms with Gasteiger partial charge in [0.25, 0.3) is 0 Å². The number of ether oxygens (including phenoxy) is 2. The van der Waals surface area contributed by atoms with Gasteiger partial charge in [0.15, 0.2) is 0 Å². The molecule has 1 unspecified atom stereocenters. The SMILES string of the molecule is COc1ccc([Si](C)(C)[C@@H]2[C@@H](C)[C@@H](CCc3ccccc3)O[C@H]2CCn2cc(C(CO)c3ccccc3)nn2)cc1. The number of nitrogens with zero attached hydrogens (tertiary/aromatic N) is 3. The summed E-state index contributed by atoms with van der Waals surface area (Å²) in [6.07, 6.45) is 5.27. The van der Waals surface area contributed by atoms with Crippen LogP contribution < -0.4 is 9.92 Å². The summed E-state index contributed by atoms with van der Waals surface area (Å²) >= 11 is 0. The van der Waals surface area contributed by atoms with E-state index in [-0.39, 0.29) is 24.7 Å². The molecule has 1 N–H and O–H groups in total. The zero-order valence-corrected chi connectivity index (χ0v) is 25.7. The molecule has 216 valence electrons. The van der Waals surface area contributed by atoms with E-state index in [2.05, 4.69) is 84.9 Å². The molecule has 0 spiro atoms. The number of methoxy groups -OCH3 is 1. The third kappa shape index (κ3) is 6.64. The largest absolute Gasteiger partial charge is 0.497 e. The first-order valence-electron chi connectivity index (χ1n) is 14.8. The van der Waals surface area contributed by atoms with Gasteiger partial charge in [-0.25, -0.2) is 0 Å². The van der Waals surface area contributed by atoms with E-state index in [1.165, 1.54) is 10.8 Å². The van der Waals surface area contributed by atoms with Crippen LogP contribution in [0.1, 0.15) is 42.5 Å². The van der Waals surface area contributed by atoms with Gasteiger partial charge in [-0.3, -0.25) is 4.68 Å². The molecule has 0 aliphatic carbocycles. The van der Waals surface area contributed by atoms with Crippen molar-refractivity contribution in [3.8, 4) is 5.75 Å². The summed E-state index contributed by atoms with van der Waals surface area (Å²) in [6, 6.07) is 29.4. The summed E-state index contributed by atoms with van der Waals surface area (Å²) in [5.41, 5.74) is 3.67. The molecular formula is C34H43N3O3Si. The average molecular weight is 570 g/mol. The molecule has 1 fully saturated rings. The molecule has 1 aromatic heterocycles. The normalized spacial score (nSPS) is 21.6. The molecule has 41 heavy (non-hydrogen) atoms. The average Bonchev–Trinajstić information content (AvgIpc) is 3.60. The summed E-state index contributed by atoms with van der Waals surface area (Å²) in [4.78, 5) is 0. The fraction of sp³-hybridized carbons (Fsp3) is 0.412. The third-order valence-electron chi connectivity index (χ3n) is 9.07. The lowest BCUT2D eigenvalue weighted by Gasteiger charge is -2.36. The van der Waals surface area contributed by atoms with Gasteiger partial charge in [-0.1, -0.05) is 103 Å². The highest BCUT2D eigenvalue weighted by Crippen LogP contribution is 2.46. The second-order valence-corrected chi connectivity index (χ2v) is 16.6. The fourth-order valence-electron chi connectivity index (χ4n) is 6.77. The topological polar surface area (TPSA) is 69.4 Å². The van der Waals surface area contributed by atoms with Crippen LogP contribution in [0.4, 0.5) is 0 Å². The molecule has 3 aromatic carbocycles. The monoisotopic (exact) mass is 569 g/mol. The second-order valence-electron chi connectivity index (χ2n) is 11.9. The second kappa shape index (κ2) is 13.1. The Morgan fingerprint density at radius 1 is 0.927 bits per heavy atom. The molecule has 2 heterocycles. The Morgan fingerprint density at radius 2 is 1.61 bits per heavy atom. The van der Waals surface area contributed by atoms with E-state index in [1.54, 1.807) is 7.11 Å². The number of aryl methyl sites for hydroxylation is 2. The molecule has 0 saturated carbocycles. The van der Waals surface area contributed by atoms with Crippen molar-refractivity contribution in [3.63, 3.8) is 0 Å². The smallest absolute Gasteiger partial charge is 0.118 e. The molecule has 6 nitrogen and oxygen atoms in total. The van der Waals surface area contributed by atoms with Crippen molar-refractivity contribution in [1.82, 2.24) is 15.0 Å². The predicted octanol–water partition coefficient (Wildman–Crippen LogP) is 5.82. The summed E-state index contributed by atoms with van der Waals surface area (Å²) in [7, 11) is -0.200. The van der Waals surface area contributed by atoms with E-state index >= 15 is 0 Å². The van der Waals surface area contributed by atoms with E-state index in [4.69, 9.17) is 9.47 Å². The van der Waals surface area contributed by atoms with Crippen LogP contribution in [0.15, 0.2) is 91.1 Å². The van der Waals surface area contributed by atoms with E-state index in [1.807, 2.05) is 41.2 Å². The molecule has 5 atom stereocenters.